The lowest BCUT2D eigenvalue weighted by atomic mass is 10.4. The van der Waals surface area contributed by atoms with Crippen LogP contribution in [0.5, 0.6) is 0 Å². The first-order valence-electron chi connectivity index (χ1n) is 6.95. The van der Waals surface area contributed by atoms with E-state index in [2.05, 4.69) is 0 Å². The zero-order valence-electron chi connectivity index (χ0n) is 12.2. The number of amides is 3. The molecule has 0 aromatic carbocycles. The summed E-state index contributed by atoms with van der Waals surface area (Å²) in [6, 6.07) is -0.304. The summed E-state index contributed by atoms with van der Waals surface area (Å²) in [5, 5.41) is 8.65. The van der Waals surface area contributed by atoms with Crippen LogP contribution in [0.3, 0.4) is 0 Å². The standard InChI is InChI=1S/C13H23N3O4/c1-3-15(9-6-12(18)19)13(20)14(2)10-11(17)16-7-4-5-8-16/h3-10H2,1-2H3,(H,18,19). The summed E-state index contributed by atoms with van der Waals surface area (Å²) in [6.07, 6.45) is 1.94. The Labute approximate surface area is 119 Å². The minimum absolute atomic E-state index is 0.0441. The molecular weight excluding hydrogens is 262 g/mol. The molecule has 114 valence electrons. The predicted octanol–water partition coefficient (Wildman–Crippen LogP) is 0.457. The fourth-order valence-corrected chi connectivity index (χ4v) is 2.20. The van der Waals surface area contributed by atoms with Gasteiger partial charge in [0, 0.05) is 33.2 Å². The summed E-state index contributed by atoms with van der Waals surface area (Å²) in [5.41, 5.74) is 0. The van der Waals surface area contributed by atoms with Gasteiger partial charge in [0.1, 0.15) is 6.54 Å². The van der Waals surface area contributed by atoms with Gasteiger partial charge in [-0.2, -0.15) is 0 Å². The third kappa shape index (κ3) is 4.71. The fourth-order valence-electron chi connectivity index (χ4n) is 2.20. The maximum atomic E-state index is 12.1. The molecule has 1 aliphatic heterocycles. The quantitative estimate of drug-likeness (QED) is 0.768. The van der Waals surface area contributed by atoms with Gasteiger partial charge in [-0.1, -0.05) is 0 Å². The average molecular weight is 285 g/mol. The van der Waals surface area contributed by atoms with Gasteiger partial charge in [0.2, 0.25) is 5.91 Å². The number of urea groups is 1. The normalized spacial score (nSPS) is 14.2. The highest BCUT2D eigenvalue weighted by Gasteiger charge is 2.23. The Morgan fingerprint density at radius 1 is 1.20 bits per heavy atom. The largest absolute Gasteiger partial charge is 0.481 e. The van der Waals surface area contributed by atoms with Gasteiger partial charge in [-0.25, -0.2) is 4.79 Å². The summed E-state index contributed by atoms with van der Waals surface area (Å²) < 4.78 is 0. The van der Waals surface area contributed by atoms with Crippen LogP contribution in [0.25, 0.3) is 0 Å². The van der Waals surface area contributed by atoms with Crippen molar-refractivity contribution in [1.82, 2.24) is 14.7 Å². The van der Waals surface area contributed by atoms with Crippen molar-refractivity contribution in [1.29, 1.82) is 0 Å². The number of carboxylic acids is 1. The molecule has 0 bridgehead atoms. The Balaban J connectivity index is 2.46. The summed E-state index contributed by atoms with van der Waals surface area (Å²) in [4.78, 5) is 39.2. The van der Waals surface area contributed by atoms with Gasteiger partial charge in [-0.05, 0) is 19.8 Å². The number of rotatable bonds is 6. The Bertz CT molecular complexity index is 367. The first kappa shape index (κ1) is 16.3. The summed E-state index contributed by atoms with van der Waals surface area (Å²) in [7, 11) is 1.57. The number of hydrogen-bond donors (Lipinski definition) is 1. The van der Waals surface area contributed by atoms with Crippen molar-refractivity contribution in [3.05, 3.63) is 0 Å². The zero-order valence-corrected chi connectivity index (χ0v) is 12.2. The van der Waals surface area contributed by atoms with Crippen LogP contribution in [0.2, 0.25) is 0 Å². The van der Waals surface area contributed by atoms with Crippen molar-refractivity contribution in [3.63, 3.8) is 0 Å². The molecule has 1 N–H and O–H groups in total. The van der Waals surface area contributed by atoms with E-state index in [4.69, 9.17) is 5.11 Å². The molecule has 1 fully saturated rings. The monoisotopic (exact) mass is 285 g/mol. The fraction of sp³-hybridized carbons (Fsp3) is 0.769. The molecule has 0 saturated carbocycles. The molecule has 7 nitrogen and oxygen atoms in total. The Morgan fingerprint density at radius 3 is 2.30 bits per heavy atom. The van der Waals surface area contributed by atoms with Gasteiger partial charge < -0.3 is 19.8 Å². The van der Waals surface area contributed by atoms with Gasteiger partial charge in [-0.3, -0.25) is 9.59 Å². The van der Waals surface area contributed by atoms with Crippen molar-refractivity contribution in [3.8, 4) is 0 Å². The number of likely N-dealkylation sites (N-methyl/N-ethyl adjacent to an activating group) is 1. The van der Waals surface area contributed by atoms with E-state index < -0.39 is 5.97 Å². The highest BCUT2D eigenvalue weighted by molar-refractivity contribution is 5.84. The molecule has 1 saturated heterocycles. The minimum Gasteiger partial charge on any atom is -0.481 e. The lowest BCUT2D eigenvalue weighted by Crippen LogP contribution is -2.46. The lowest BCUT2D eigenvalue weighted by Gasteiger charge is -2.27. The van der Waals surface area contributed by atoms with Crippen molar-refractivity contribution >= 4 is 17.9 Å². The number of carbonyl (C=O) groups excluding carboxylic acids is 2. The Kier molecular flexibility index (Phi) is 6.27. The molecule has 0 atom stereocenters. The number of aliphatic carboxylic acids is 1. The summed E-state index contributed by atoms with van der Waals surface area (Å²) in [5.74, 6) is -0.986. The molecule has 7 heteroatoms. The second-order valence-electron chi connectivity index (χ2n) is 4.95. The minimum atomic E-state index is -0.938. The van der Waals surface area contributed by atoms with Gasteiger partial charge in [0.25, 0.3) is 0 Å². The predicted molar refractivity (Wildman–Crippen MR) is 73.3 cm³/mol. The van der Waals surface area contributed by atoms with Crippen LogP contribution in [0.1, 0.15) is 26.2 Å². The number of carbonyl (C=O) groups is 3. The van der Waals surface area contributed by atoms with Crippen LogP contribution in [0, 0.1) is 0 Å². The van der Waals surface area contributed by atoms with Crippen LogP contribution in [0.15, 0.2) is 0 Å². The van der Waals surface area contributed by atoms with Crippen molar-refractivity contribution in [2.75, 3.05) is 39.8 Å². The molecule has 0 aliphatic carbocycles. The number of likely N-dealkylation sites (tertiary alicyclic amines) is 1. The lowest BCUT2D eigenvalue weighted by molar-refractivity contribution is -0.137. The molecular formula is C13H23N3O4. The van der Waals surface area contributed by atoms with E-state index in [1.807, 2.05) is 0 Å². The molecule has 0 aromatic heterocycles. The summed E-state index contributed by atoms with van der Waals surface area (Å²) in [6.45, 7) is 3.94. The molecule has 0 radical (unpaired) electrons. The number of hydrogen-bond acceptors (Lipinski definition) is 3. The van der Waals surface area contributed by atoms with E-state index in [9.17, 15) is 14.4 Å². The molecule has 1 aliphatic rings. The average Bonchev–Trinajstić information content (AvgIpc) is 2.92. The first-order chi connectivity index (χ1) is 9.45. The molecule has 3 amide bonds. The van der Waals surface area contributed by atoms with E-state index in [0.29, 0.717) is 6.54 Å². The molecule has 20 heavy (non-hydrogen) atoms. The van der Waals surface area contributed by atoms with Crippen LogP contribution >= 0.6 is 0 Å². The second-order valence-corrected chi connectivity index (χ2v) is 4.95. The molecule has 0 aromatic rings. The van der Waals surface area contributed by atoms with Crippen molar-refractivity contribution < 1.29 is 19.5 Å². The second kappa shape index (κ2) is 7.72. The molecule has 1 rings (SSSR count). The molecule has 1 heterocycles. The third-order valence-corrected chi connectivity index (χ3v) is 3.41. The van der Waals surface area contributed by atoms with Gasteiger partial charge in [0.15, 0.2) is 0 Å². The smallest absolute Gasteiger partial charge is 0.320 e. The van der Waals surface area contributed by atoms with E-state index in [1.165, 1.54) is 9.80 Å². The van der Waals surface area contributed by atoms with E-state index in [1.54, 1.807) is 18.9 Å². The SMILES string of the molecule is CCN(CCC(=O)O)C(=O)N(C)CC(=O)N1CCCC1. The number of nitrogens with zero attached hydrogens (tertiary/aromatic N) is 3. The van der Waals surface area contributed by atoms with E-state index in [-0.39, 0.29) is 31.4 Å². The molecule has 0 spiro atoms. The van der Waals surface area contributed by atoms with Crippen LogP contribution in [0.4, 0.5) is 4.79 Å². The van der Waals surface area contributed by atoms with E-state index >= 15 is 0 Å². The van der Waals surface area contributed by atoms with Crippen LogP contribution < -0.4 is 0 Å². The van der Waals surface area contributed by atoms with Crippen molar-refractivity contribution in [2.45, 2.75) is 26.2 Å². The summed E-state index contributed by atoms with van der Waals surface area (Å²) >= 11 is 0. The van der Waals surface area contributed by atoms with Gasteiger partial charge >= 0.3 is 12.0 Å². The topological polar surface area (TPSA) is 81.2 Å². The maximum Gasteiger partial charge on any atom is 0.320 e. The van der Waals surface area contributed by atoms with Gasteiger partial charge in [0.05, 0.1) is 6.42 Å². The highest BCUT2D eigenvalue weighted by atomic mass is 16.4. The van der Waals surface area contributed by atoms with Crippen LogP contribution in [-0.4, -0.2) is 77.5 Å². The van der Waals surface area contributed by atoms with Crippen LogP contribution in [-0.2, 0) is 9.59 Å². The third-order valence-electron chi connectivity index (χ3n) is 3.41. The Hall–Kier alpha value is -1.79. The zero-order chi connectivity index (χ0) is 15.1. The van der Waals surface area contributed by atoms with Gasteiger partial charge in [-0.15, -0.1) is 0 Å². The number of carboxylic acid groups (broad SMARTS) is 1. The first-order valence-corrected chi connectivity index (χ1v) is 6.95. The highest BCUT2D eigenvalue weighted by Crippen LogP contribution is 2.08. The molecule has 0 unspecified atom stereocenters. The maximum absolute atomic E-state index is 12.1. The Morgan fingerprint density at radius 2 is 1.80 bits per heavy atom. The van der Waals surface area contributed by atoms with E-state index in [0.717, 1.165) is 25.9 Å². The van der Waals surface area contributed by atoms with Crippen molar-refractivity contribution in [2.24, 2.45) is 0 Å².